The fourth-order valence-electron chi connectivity index (χ4n) is 6.67. The number of rotatable bonds is 8. The van der Waals surface area contributed by atoms with Crippen molar-refractivity contribution in [2.45, 2.75) is 95.7 Å². The van der Waals surface area contributed by atoms with Gasteiger partial charge in [-0.25, -0.2) is 0 Å². The Balaban J connectivity index is 1.55. The Morgan fingerprint density at radius 1 is 1.13 bits per heavy atom. The van der Waals surface area contributed by atoms with Crippen LogP contribution in [0.1, 0.15) is 96.0 Å². The molecule has 7 atom stereocenters. The lowest BCUT2D eigenvalue weighted by atomic mass is 9.72. The SMILES string of the molecule is COc1cccc2c1C(=O)c1c(O)c3c(c(O)c1C2=O)C[C@@](O)(C(C)=O)C[C@@H]3OC1CC(NC(=O)[C@@H](N)CC(C)C)C(O)C(C)O1. The fraction of sp³-hybridized carbons (Fsp3) is 0.515. The van der Waals surface area contributed by atoms with Crippen molar-refractivity contribution in [2.75, 3.05) is 7.11 Å². The van der Waals surface area contributed by atoms with Gasteiger partial charge in [-0.3, -0.25) is 19.2 Å². The zero-order chi connectivity index (χ0) is 33.8. The molecule has 5 rings (SSSR count). The van der Waals surface area contributed by atoms with Crippen molar-refractivity contribution in [2.24, 2.45) is 11.7 Å². The normalized spacial score (nSPS) is 27.8. The van der Waals surface area contributed by atoms with E-state index in [0.29, 0.717) is 6.42 Å². The third-order valence-corrected chi connectivity index (χ3v) is 9.14. The molecule has 46 heavy (non-hydrogen) atoms. The first kappa shape index (κ1) is 33.5. The third-order valence-electron chi connectivity index (χ3n) is 9.14. The number of methoxy groups -OCH3 is 1. The van der Waals surface area contributed by atoms with E-state index in [1.807, 2.05) is 13.8 Å². The lowest BCUT2D eigenvalue weighted by Gasteiger charge is -2.43. The van der Waals surface area contributed by atoms with Gasteiger partial charge in [0.2, 0.25) is 11.7 Å². The first-order valence-corrected chi connectivity index (χ1v) is 15.2. The summed E-state index contributed by atoms with van der Waals surface area (Å²) in [6.07, 6.45) is -4.95. The molecule has 13 heteroatoms. The molecule has 13 nitrogen and oxygen atoms in total. The third kappa shape index (κ3) is 5.66. The number of hydrogen-bond acceptors (Lipinski definition) is 12. The summed E-state index contributed by atoms with van der Waals surface area (Å²) in [5, 5.41) is 48.1. The summed E-state index contributed by atoms with van der Waals surface area (Å²) < 4.78 is 17.4. The largest absolute Gasteiger partial charge is 0.507 e. The van der Waals surface area contributed by atoms with Gasteiger partial charge in [-0.15, -0.1) is 0 Å². The van der Waals surface area contributed by atoms with Crippen LogP contribution in [0.15, 0.2) is 18.2 Å². The number of fused-ring (bicyclic) bond motifs is 3. The molecule has 0 spiro atoms. The van der Waals surface area contributed by atoms with E-state index < -0.39 is 101 Å². The molecule has 2 aliphatic carbocycles. The van der Waals surface area contributed by atoms with E-state index in [1.54, 1.807) is 6.92 Å². The van der Waals surface area contributed by atoms with Gasteiger partial charge in [-0.2, -0.15) is 0 Å². The molecule has 4 unspecified atom stereocenters. The molecule has 0 aromatic heterocycles. The number of benzene rings is 2. The lowest BCUT2D eigenvalue weighted by molar-refractivity contribution is -0.249. The minimum atomic E-state index is -2.07. The number of aliphatic hydroxyl groups is 2. The minimum absolute atomic E-state index is 0.0405. The Bertz CT molecular complexity index is 1600. The van der Waals surface area contributed by atoms with Crippen LogP contribution in [0.2, 0.25) is 0 Å². The van der Waals surface area contributed by atoms with E-state index in [1.165, 1.54) is 25.3 Å². The highest BCUT2D eigenvalue weighted by molar-refractivity contribution is 6.31. The number of nitrogens with two attached hydrogens (primary N) is 1. The highest BCUT2D eigenvalue weighted by Crippen LogP contribution is 2.52. The average Bonchev–Trinajstić information content (AvgIpc) is 2.99. The van der Waals surface area contributed by atoms with Crippen LogP contribution >= 0.6 is 0 Å². The predicted molar refractivity (Wildman–Crippen MR) is 162 cm³/mol. The summed E-state index contributed by atoms with van der Waals surface area (Å²) in [4.78, 5) is 53.0. The van der Waals surface area contributed by atoms with Crippen LogP contribution in [0.4, 0.5) is 0 Å². The van der Waals surface area contributed by atoms with Crippen LogP contribution in [0.25, 0.3) is 0 Å². The Hall–Kier alpha value is -3.88. The van der Waals surface area contributed by atoms with Gasteiger partial charge in [0.25, 0.3) is 0 Å². The number of ketones is 3. The molecule has 1 saturated heterocycles. The van der Waals surface area contributed by atoms with Crippen molar-refractivity contribution in [3.8, 4) is 17.2 Å². The van der Waals surface area contributed by atoms with Crippen molar-refractivity contribution in [3.05, 3.63) is 51.6 Å². The van der Waals surface area contributed by atoms with Crippen molar-refractivity contribution in [1.29, 1.82) is 0 Å². The Kier molecular flexibility index (Phi) is 9.01. The quantitative estimate of drug-likeness (QED) is 0.194. The minimum Gasteiger partial charge on any atom is -0.507 e. The number of phenolic OH excluding ortho intramolecular Hbond substituents is 2. The van der Waals surface area contributed by atoms with Crippen molar-refractivity contribution < 1.29 is 53.8 Å². The van der Waals surface area contributed by atoms with Gasteiger partial charge in [0.15, 0.2) is 17.9 Å². The van der Waals surface area contributed by atoms with Gasteiger partial charge in [-0.1, -0.05) is 26.0 Å². The summed E-state index contributed by atoms with van der Waals surface area (Å²) >= 11 is 0. The summed E-state index contributed by atoms with van der Waals surface area (Å²) in [6.45, 7) is 6.59. The number of nitrogens with one attached hydrogen (secondary N) is 1. The molecule has 0 saturated carbocycles. The second-order valence-electron chi connectivity index (χ2n) is 12.8. The first-order valence-electron chi connectivity index (χ1n) is 15.2. The number of ether oxygens (including phenoxy) is 3. The molecule has 0 bridgehead atoms. The lowest BCUT2D eigenvalue weighted by Crippen LogP contribution is -2.58. The Labute approximate surface area is 265 Å². The van der Waals surface area contributed by atoms with Crippen molar-refractivity contribution in [1.82, 2.24) is 5.32 Å². The number of carbonyl (C=O) groups excluding carboxylic acids is 4. The second-order valence-corrected chi connectivity index (χ2v) is 12.8. The number of amides is 1. The highest BCUT2D eigenvalue weighted by Gasteiger charge is 2.49. The summed E-state index contributed by atoms with van der Waals surface area (Å²) in [7, 11) is 1.33. The zero-order valence-corrected chi connectivity index (χ0v) is 26.3. The molecule has 3 aliphatic rings. The maximum absolute atomic E-state index is 13.8. The van der Waals surface area contributed by atoms with E-state index in [4.69, 9.17) is 19.9 Å². The van der Waals surface area contributed by atoms with Crippen molar-refractivity contribution in [3.63, 3.8) is 0 Å². The molecule has 2 aromatic rings. The van der Waals surface area contributed by atoms with Crippen LogP contribution < -0.4 is 15.8 Å². The fourth-order valence-corrected chi connectivity index (χ4v) is 6.67. The van der Waals surface area contributed by atoms with Gasteiger partial charge in [0.1, 0.15) is 29.0 Å². The molecule has 1 heterocycles. The predicted octanol–water partition coefficient (Wildman–Crippen LogP) is 1.56. The standard InChI is InChI=1S/C33H40N2O11/c1-13(2)9-18(34)32(42)35-19-10-22(45-14(3)27(19)37)46-21-12-33(43,15(4)36)11-17-24(21)31(41)26-25(29(17)39)28(38)16-7-6-8-20(44-5)23(16)30(26)40/h6-8,13-14,18-19,21-22,27,37,39,41,43H,9-12,34H2,1-5H3,(H,35,42)/t14?,18-,19?,21-,22?,27?,33-/m0/s1. The molecular formula is C33H40N2O11. The van der Waals surface area contributed by atoms with E-state index in [0.717, 1.165) is 6.92 Å². The molecule has 2 aromatic carbocycles. The number of hydrogen-bond donors (Lipinski definition) is 6. The number of aliphatic hydroxyl groups excluding tert-OH is 1. The van der Waals surface area contributed by atoms with Gasteiger partial charge in [0, 0.05) is 36.0 Å². The number of phenols is 2. The molecule has 0 radical (unpaired) electrons. The van der Waals surface area contributed by atoms with Gasteiger partial charge < -0.3 is 45.7 Å². The van der Waals surface area contributed by atoms with Gasteiger partial charge in [0.05, 0.1) is 48.1 Å². The van der Waals surface area contributed by atoms with Crippen LogP contribution in [-0.2, 0) is 25.5 Å². The van der Waals surface area contributed by atoms with Crippen LogP contribution in [-0.4, -0.2) is 87.0 Å². The Morgan fingerprint density at radius 2 is 1.80 bits per heavy atom. The number of aromatic hydroxyl groups is 2. The smallest absolute Gasteiger partial charge is 0.237 e. The summed E-state index contributed by atoms with van der Waals surface area (Å²) in [6, 6.07) is 2.75. The van der Waals surface area contributed by atoms with Crippen LogP contribution in [0, 0.1) is 5.92 Å². The summed E-state index contributed by atoms with van der Waals surface area (Å²) in [5.41, 5.74) is 2.69. The van der Waals surface area contributed by atoms with Crippen molar-refractivity contribution >= 4 is 23.3 Å². The highest BCUT2D eigenvalue weighted by atomic mass is 16.7. The topological polar surface area (TPSA) is 215 Å². The van der Waals surface area contributed by atoms with E-state index >= 15 is 0 Å². The van der Waals surface area contributed by atoms with Gasteiger partial charge in [-0.05, 0) is 32.3 Å². The van der Waals surface area contributed by atoms with Gasteiger partial charge >= 0.3 is 0 Å². The molecule has 1 aliphatic heterocycles. The first-order chi connectivity index (χ1) is 21.6. The maximum Gasteiger partial charge on any atom is 0.237 e. The molecule has 7 N–H and O–H groups in total. The van der Waals surface area contributed by atoms with Crippen LogP contribution in [0.5, 0.6) is 17.2 Å². The van der Waals surface area contributed by atoms with E-state index in [-0.39, 0.29) is 40.3 Å². The molecule has 248 valence electrons. The Morgan fingerprint density at radius 3 is 2.43 bits per heavy atom. The second kappa shape index (κ2) is 12.4. The monoisotopic (exact) mass is 640 g/mol. The van der Waals surface area contributed by atoms with E-state index in [2.05, 4.69) is 5.32 Å². The number of carbonyl (C=O) groups is 4. The number of Topliss-reactive ketones (excluding diaryl/α,β-unsaturated/α-hetero) is 1. The van der Waals surface area contributed by atoms with Crippen LogP contribution in [0.3, 0.4) is 0 Å². The molecular weight excluding hydrogens is 600 g/mol. The summed E-state index contributed by atoms with van der Waals surface area (Å²) in [5.74, 6) is -3.70. The average molecular weight is 641 g/mol. The molecule has 1 fully saturated rings. The maximum atomic E-state index is 13.8. The zero-order valence-electron chi connectivity index (χ0n) is 26.3. The van der Waals surface area contributed by atoms with E-state index in [9.17, 15) is 39.6 Å². The molecule has 1 amide bonds.